The summed E-state index contributed by atoms with van der Waals surface area (Å²) in [7, 11) is 0. The molecular weight excluding hydrogens is 261 g/mol. The molecule has 0 aromatic heterocycles. The normalized spacial score (nSPS) is 12.6. The lowest BCUT2D eigenvalue weighted by Crippen LogP contribution is -2.26. The molecule has 0 unspecified atom stereocenters. The van der Waals surface area contributed by atoms with Crippen LogP contribution in [0, 0.1) is 0 Å². The molecule has 0 spiro atoms. The molecule has 18 heavy (non-hydrogen) atoms. The van der Waals surface area contributed by atoms with Gasteiger partial charge >= 0.3 is 6.18 Å². The lowest BCUT2D eigenvalue weighted by Gasteiger charge is -2.23. The summed E-state index contributed by atoms with van der Waals surface area (Å²) in [5.41, 5.74) is 4.71. The van der Waals surface area contributed by atoms with Crippen molar-refractivity contribution in [1.82, 2.24) is 0 Å². The Morgan fingerprint density at radius 1 is 1.28 bits per heavy atom. The summed E-state index contributed by atoms with van der Waals surface area (Å²) in [6.07, 6.45) is -2.46. The summed E-state index contributed by atoms with van der Waals surface area (Å²) >= 11 is 1.65. The van der Waals surface area contributed by atoms with Crippen LogP contribution in [-0.2, 0) is 6.18 Å². The molecule has 6 heteroatoms. The van der Waals surface area contributed by atoms with Gasteiger partial charge in [0.15, 0.2) is 0 Å². The standard InChI is InChI=1S/C12H17F3N2S/c1-11(2,18-3)7-17-8-4-5-10(16)9(6-8)12(13,14)15/h4-6,17H,7,16H2,1-3H3. The number of nitrogens with one attached hydrogen (secondary N) is 1. The Bertz CT molecular complexity index is 416. The number of anilines is 2. The average molecular weight is 278 g/mol. The van der Waals surface area contributed by atoms with Crippen molar-refractivity contribution in [3.05, 3.63) is 23.8 Å². The summed E-state index contributed by atoms with van der Waals surface area (Å²) in [5.74, 6) is 0. The minimum Gasteiger partial charge on any atom is -0.398 e. The van der Waals surface area contributed by atoms with E-state index in [-0.39, 0.29) is 10.4 Å². The fourth-order valence-corrected chi connectivity index (χ4v) is 1.52. The number of alkyl halides is 3. The van der Waals surface area contributed by atoms with Crippen LogP contribution >= 0.6 is 11.8 Å². The van der Waals surface area contributed by atoms with Crippen LogP contribution in [0.4, 0.5) is 24.5 Å². The Morgan fingerprint density at radius 2 is 1.89 bits per heavy atom. The van der Waals surface area contributed by atoms with Crippen LogP contribution in [0.1, 0.15) is 19.4 Å². The maximum atomic E-state index is 12.7. The zero-order valence-corrected chi connectivity index (χ0v) is 11.4. The van der Waals surface area contributed by atoms with Crippen LogP contribution in [0.25, 0.3) is 0 Å². The number of thioether (sulfide) groups is 1. The molecule has 0 aliphatic heterocycles. The first-order valence-electron chi connectivity index (χ1n) is 5.41. The Morgan fingerprint density at radius 3 is 2.39 bits per heavy atom. The van der Waals surface area contributed by atoms with E-state index in [9.17, 15) is 13.2 Å². The van der Waals surface area contributed by atoms with Gasteiger partial charge < -0.3 is 11.1 Å². The van der Waals surface area contributed by atoms with E-state index in [1.54, 1.807) is 17.8 Å². The number of hydrogen-bond donors (Lipinski definition) is 2. The first kappa shape index (κ1) is 15.0. The molecule has 0 bridgehead atoms. The third kappa shape index (κ3) is 4.01. The molecule has 0 amide bonds. The van der Waals surface area contributed by atoms with E-state index in [2.05, 4.69) is 5.32 Å². The van der Waals surface area contributed by atoms with E-state index in [1.807, 2.05) is 20.1 Å². The Hall–Kier alpha value is -1.04. The lowest BCUT2D eigenvalue weighted by atomic mass is 10.1. The predicted octanol–water partition coefficient (Wildman–Crippen LogP) is 3.84. The zero-order valence-electron chi connectivity index (χ0n) is 10.6. The first-order chi connectivity index (χ1) is 8.15. The van der Waals surface area contributed by atoms with Gasteiger partial charge in [0.1, 0.15) is 0 Å². The molecule has 1 aromatic rings. The molecule has 0 saturated heterocycles. The molecular formula is C12H17F3N2S. The minimum atomic E-state index is -4.42. The average Bonchev–Trinajstić information content (AvgIpc) is 2.26. The van der Waals surface area contributed by atoms with Crippen LogP contribution in [-0.4, -0.2) is 17.5 Å². The second-order valence-corrected chi connectivity index (χ2v) is 6.13. The fourth-order valence-electron chi connectivity index (χ4n) is 1.30. The van der Waals surface area contributed by atoms with Crippen molar-refractivity contribution in [2.75, 3.05) is 23.9 Å². The quantitative estimate of drug-likeness (QED) is 0.822. The number of nitrogen functional groups attached to an aromatic ring is 1. The molecule has 0 heterocycles. The molecule has 0 atom stereocenters. The van der Waals surface area contributed by atoms with Gasteiger partial charge in [-0.15, -0.1) is 0 Å². The number of hydrogen-bond acceptors (Lipinski definition) is 3. The van der Waals surface area contributed by atoms with Gasteiger partial charge in [-0.25, -0.2) is 0 Å². The van der Waals surface area contributed by atoms with Gasteiger partial charge in [-0.2, -0.15) is 24.9 Å². The van der Waals surface area contributed by atoms with Crippen LogP contribution in [0.2, 0.25) is 0 Å². The number of halogens is 3. The zero-order chi connectivity index (χ0) is 14.0. The SMILES string of the molecule is CSC(C)(C)CNc1ccc(N)c(C(F)(F)F)c1. The van der Waals surface area contributed by atoms with Crippen molar-refractivity contribution < 1.29 is 13.2 Å². The van der Waals surface area contributed by atoms with Crippen molar-refractivity contribution in [2.24, 2.45) is 0 Å². The van der Waals surface area contributed by atoms with Crippen molar-refractivity contribution >= 4 is 23.1 Å². The van der Waals surface area contributed by atoms with E-state index < -0.39 is 11.7 Å². The van der Waals surface area contributed by atoms with Crippen molar-refractivity contribution in [2.45, 2.75) is 24.8 Å². The van der Waals surface area contributed by atoms with Gasteiger partial charge in [0.25, 0.3) is 0 Å². The van der Waals surface area contributed by atoms with Gasteiger partial charge in [0.2, 0.25) is 0 Å². The molecule has 2 nitrogen and oxygen atoms in total. The predicted molar refractivity (Wildman–Crippen MR) is 71.9 cm³/mol. The van der Waals surface area contributed by atoms with Crippen LogP contribution < -0.4 is 11.1 Å². The summed E-state index contributed by atoms with van der Waals surface area (Å²) in [6, 6.07) is 3.88. The molecule has 1 rings (SSSR count). The maximum absolute atomic E-state index is 12.7. The summed E-state index contributed by atoms with van der Waals surface area (Å²) in [6.45, 7) is 4.62. The molecule has 0 aliphatic rings. The van der Waals surface area contributed by atoms with Gasteiger partial charge in [-0.1, -0.05) is 0 Å². The van der Waals surface area contributed by atoms with Gasteiger partial charge in [-0.3, -0.25) is 0 Å². The monoisotopic (exact) mass is 278 g/mol. The Labute approximate surface area is 109 Å². The highest BCUT2D eigenvalue weighted by atomic mass is 32.2. The number of benzene rings is 1. The van der Waals surface area contributed by atoms with E-state index >= 15 is 0 Å². The van der Waals surface area contributed by atoms with Crippen LogP contribution in [0.5, 0.6) is 0 Å². The third-order valence-corrected chi connectivity index (χ3v) is 3.88. The van der Waals surface area contributed by atoms with Crippen LogP contribution in [0.15, 0.2) is 18.2 Å². The van der Waals surface area contributed by atoms with Crippen molar-refractivity contribution in [3.8, 4) is 0 Å². The topological polar surface area (TPSA) is 38.0 Å². The van der Waals surface area contributed by atoms with E-state index in [4.69, 9.17) is 5.73 Å². The molecule has 1 aromatic carbocycles. The second kappa shape index (κ2) is 5.30. The highest BCUT2D eigenvalue weighted by molar-refractivity contribution is 7.99. The molecule has 0 aliphatic carbocycles. The van der Waals surface area contributed by atoms with E-state index in [0.29, 0.717) is 12.2 Å². The first-order valence-corrected chi connectivity index (χ1v) is 6.64. The highest BCUT2D eigenvalue weighted by Crippen LogP contribution is 2.35. The molecule has 3 N–H and O–H groups in total. The highest BCUT2D eigenvalue weighted by Gasteiger charge is 2.33. The summed E-state index contributed by atoms with van der Waals surface area (Å²) in [4.78, 5) is 0. The lowest BCUT2D eigenvalue weighted by molar-refractivity contribution is -0.136. The van der Waals surface area contributed by atoms with Gasteiger partial charge in [-0.05, 0) is 38.3 Å². The molecule has 102 valence electrons. The van der Waals surface area contributed by atoms with E-state index in [0.717, 1.165) is 6.07 Å². The van der Waals surface area contributed by atoms with Crippen molar-refractivity contribution in [3.63, 3.8) is 0 Å². The van der Waals surface area contributed by atoms with Crippen LogP contribution in [0.3, 0.4) is 0 Å². The number of nitrogens with two attached hydrogens (primary N) is 1. The van der Waals surface area contributed by atoms with Gasteiger partial charge in [0, 0.05) is 22.7 Å². The molecule has 0 saturated carbocycles. The number of rotatable bonds is 4. The van der Waals surface area contributed by atoms with Crippen molar-refractivity contribution in [1.29, 1.82) is 0 Å². The second-order valence-electron chi connectivity index (χ2n) is 4.62. The Balaban J connectivity index is 2.87. The van der Waals surface area contributed by atoms with E-state index in [1.165, 1.54) is 6.07 Å². The van der Waals surface area contributed by atoms with Gasteiger partial charge in [0.05, 0.1) is 5.56 Å². The summed E-state index contributed by atoms with van der Waals surface area (Å²) in [5, 5.41) is 3.00. The molecule has 0 fully saturated rings. The Kier molecular flexibility index (Phi) is 4.42. The minimum absolute atomic E-state index is 0.0419. The third-order valence-electron chi connectivity index (χ3n) is 2.63. The summed E-state index contributed by atoms with van der Waals surface area (Å²) < 4.78 is 37.9. The largest absolute Gasteiger partial charge is 0.418 e. The smallest absolute Gasteiger partial charge is 0.398 e. The maximum Gasteiger partial charge on any atom is 0.418 e. The fraction of sp³-hybridized carbons (Fsp3) is 0.500. The molecule has 0 radical (unpaired) electrons.